The third-order valence-electron chi connectivity index (χ3n) is 4.20. The number of carboxylic acid groups (broad SMARTS) is 1. The van der Waals surface area contributed by atoms with Crippen LogP contribution in [-0.4, -0.2) is 29.2 Å². The summed E-state index contributed by atoms with van der Waals surface area (Å²) < 4.78 is 19.4. The molecule has 1 saturated carbocycles. The number of nitrogens with one attached hydrogen (secondary N) is 1. The van der Waals surface area contributed by atoms with Gasteiger partial charge in [0.2, 0.25) is 5.91 Å². The number of ether oxygens (including phenoxy) is 1. The monoisotopic (exact) mass is 307 g/mol. The third kappa shape index (κ3) is 3.27. The molecular formula is C16H18FNO4. The van der Waals surface area contributed by atoms with Crippen LogP contribution in [0.3, 0.4) is 0 Å². The third-order valence-corrected chi connectivity index (χ3v) is 4.20. The second kappa shape index (κ2) is 6.04. The zero-order valence-corrected chi connectivity index (χ0v) is 12.0. The first-order valence-corrected chi connectivity index (χ1v) is 7.51. The Balaban J connectivity index is 1.60. The Morgan fingerprint density at radius 3 is 2.73 bits per heavy atom. The molecule has 0 bridgehead atoms. The van der Waals surface area contributed by atoms with Gasteiger partial charge in [-0.2, -0.15) is 0 Å². The molecule has 0 radical (unpaired) electrons. The van der Waals surface area contributed by atoms with Crippen LogP contribution in [0.4, 0.5) is 10.1 Å². The van der Waals surface area contributed by atoms with Gasteiger partial charge in [0.1, 0.15) is 11.4 Å². The second-order valence-electron chi connectivity index (χ2n) is 5.93. The number of anilines is 1. The normalized spacial score (nSPS) is 24.2. The summed E-state index contributed by atoms with van der Waals surface area (Å²) in [6.45, 7) is 0. The zero-order valence-electron chi connectivity index (χ0n) is 12.0. The highest BCUT2D eigenvalue weighted by Crippen LogP contribution is 2.40. The summed E-state index contributed by atoms with van der Waals surface area (Å²) in [5.74, 6) is -1.97. The lowest BCUT2D eigenvalue weighted by atomic mass is 10.1. The minimum Gasteiger partial charge on any atom is -0.478 e. The number of halogens is 1. The van der Waals surface area contributed by atoms with E-state index < -0.39 is 17.3 Å². The van der Waals surface area contributed by atoms with E-state index in [0.717, 1.165) is 18.9 Å². The van der Waals surface area contributed by atoms with Gasteiger partial charge in [0.25, 0.3) is 0 Å². The molecule has 1 aliphatic carbocycles. The molecule has 2 N–H and O–H groups in total. The fraction of sp³-hybridized carbons (Fsp3) is 0.500. The van der Waals surface area contributed by atoms with Crippen LogP contribution in [-0.2, 0) is 9.53 Å². The van der Waals surface area contributed by atoms with Crippen LogP contribution in [0, 0.1) is 11.7 Å². The fourth-order valence-corrected chi connectivity index (χ4v) is 2.95. The summed E-state index contributed by atoms with van der Waals surface area (Å²) >= 11 is 0. The molecule has 1 amide bonds. The lowest BCUT2D eigenvalue weighted by Gasteiger charge is -2.14. The Labute approximate surface area is 127 Å². The lowest BCUT2D eigenvalue weighted by molar-refractivity contribution is -0.118. The molecule has 2 unspecified atom stereocenters. The van der Waals surface area contributed by atoms with Crippen molar-refractivity contribution in [2.45, 2.75) is 44.3 Å². The number of hydrogen-bond donors (Lipinski definition) is 2. The van der Waals surface area contributed by atoms with E-state index in [1.807, 2.05) is 0 Å². The minimum atomic E-state index is -1.40. The van der Waals surface area contributed by atoms with Crippen LogP contribution >= 0.6 is 0 Å². The van der Waals surface area contributed by atoms with Crippen molar-refractivity contribution < 1.29 is 23.8 Å². The molecule has 3 rings (SSSR count). The van der Waals surface area contributed by atoms with Gasteiger partial charge in [0.05, 0.1) is 24.3 Å². The Kier molecular flexibility index (Phi) is 4.11. The summed E-state index contributed by atoms with van der Waals surface area (Å²) in [5, 5.41) is 11.5. The van der Waals surface area contributed by atoms with Gasteiger partial charge in [-0.25, -0.2) is 9.18 Å². The van der Waals surface area contributed by atoms with Crippen molar-refractivity contribution in [3.05, 3.63) is 29.6 Å². The molecule has 118 valence electrons. The predicted octanol–water partition coefficient (Wildman–Crippen LogP) is 2.81. The van der Waals surface area contributed by atoms with Gasteiger partial charge in [-0.1, -0.05) is 6.07 Å². The Bertz CT molecular complexity index is 600. The number of carbonyl (C=O) groups excluding carboxylic acids is 1. The van der Waals surface area contributed by atoms with Crippen molar-refractivity contribution in [2.24, 2.45) is 5.92 Å². The van der Waals surface area contributed by atoms with Gasteiger partial charge in [0.15, 0.2) is 0 Å². The zero-order chi connectivity index (χ0) is 15.7. The summed E-state index contributed by atoms with van der Waals surface area (Å²) in [5.41, 5.74) is -0.534. The maximum Gasteiger partial charge on any atom is 0.340 e. The fourth-order valence-electron chi connectivity index (χ4n) is 2.95. The van der Waals surface area contributed by atoms with E-state index >= 15 is 0 Å². The summed E-state index contributed by atoms with van der Waals surface area (Å²) in [4.78, 5) is 23.1. The first-order chi connectivity index (χ1) is 10.5. The number of rotatable bonds is 5. The molecule has 1 saturated heterocycles. The van der Waals surface area contributed by atoms with Crippen molar-refractivity contribution in [3.63, 3.8) is 0 Å². The molecule has 1 heterocycles. The number of benzene rings is 1. The predicted molar refractivity (Wildman–Crippen MR) is 77.2 cm³/mol. The average molecular weight is 307 g/mol. The van der Waals surface area contributed by atoms with E-state index in [-0.39, 0.29) is 30.2 Å². The average Bonchev–Trinajstić information content (AvgIpc) is 3.19. The molecule has 1 aliphatic heterocycles. The Morgan fingerprint density at radius 1 is 1.27 bits per heavy atom. The van der Waals surface area contributed by atoms with Crippen molar-refractivity contribution in [1.29, 1.82) is 0 Å². The molecule has 0 aromatic heterocycles. The van der Waals surface area contributed by atoms with Crippen molar-refractivity contribution >= 4 is 17.6 Å². The molecule has 0 spiro atoms. The van der Waals surface area contributed by atoms with E-state index in [2.05, 4.69) is 5.32 Å². The van der Waals surface area contributed by atoms with Crippen molar-refractivity contribution in [1.82, 2.24) is 0 Å². The number of carbonyl (C=O) groups is 2. The highest BCUT2D eigenvalue weighted by Gasteiger charge is 2.38. The van der Waals surface area contributed by atoms with Crippen LogP contribution in [0.5, 0.6) is 0 Å². The van der Waals surface area contributed by atoms with E-state index in [1.54, 1.807) is 0 Å². The van der Waals surface area contributed by atoms with Gasteiger partial charge in [-0.05, 0) is 43.7 Å². The number of aromatic carboxylic acids is 1. The maximum absolute atomic E-state index is 13.5. The van der Waals surface area contributed by atoms with E-state index in [0.29, 0.717) is 5.92 Å². The molecule has 2 aliphatic rings. The summed E-state index contributed by atoms with van der Waals surface area (Å²) in [6, 6.07) is 3.80. The molecule has 2 fully saturated rings. The topological polar surface area (TPSA) is 75.6 Å². The summed E-state index contributed by atoms with van der Waals surface area (Å²) in [7, 11) is 0. The smallest absolute Gasteiger partial charge is 0.340 e. The first-order valence-electron chi connectivity index (χ1n) is 7.51. The summed E-state index contributed by atoms with van der Waals surface area (Å²) in [6.07, 6.45) is 4.52. The molecule has 1 aromatic carbocycles. The molecule has 2 atom stereocenters. The van der Waals surface area contributed by atoms with Crippen molar-refractivity contribution in [2.75, 3.05) is 5.32 Å². The Morgan fingerprint density at radius 2 is 2.05 bits per heavy atom. The highest BCUT2D eigenvalue weighted by atomic mass is 19.1. The molecular weight excluding hydrogens is 289 g/mol. The molecule has 22 heavy (non-hydrogen) atoms. The highest BCUT2D eigenvalue weighted by molar-refractivity contribution is 6.00. The largest absolute Gasteiger partial charge is 0.478 e. The number of carboxylic acids is 1. The lowest BCUT2D eigenvalue weighted by Crippen LogP contribution is -2.22. The molecule has 1 aromatic rings. The maximum atomic E-state index is 13.5. The quantitative estimate of drug-likeness (QED) is 0.877. The standard InChI is InChI=1S/C16H18FNO4/c17-11-2-1-3-12(15(11)16(20)21)18-14(19)8-10-6-7-13(22-10)9-4-5-9/h1-3,9-10,13H,4-8H2,(H,18,19)(H,20,21). The van der Waals surface area contributed by atoms with E-state index in [9.17, 15) is 14.0 Å². The van der Waals surface area contributed by atoms with Crippen LogP contribution in [0.25, 0.3) is 0 Å². The van der Waals surface area contributed by atoms with Crippen molar-refractivity contribution in [3.8, 4) is 0 Å². The number of hydrogen-bond acceptors (Lipinski definition) is 3. The molecule has 5 nitrogen and oxygen atoms in total. The SMILES string of the molecule is O=C(CC1CCC(C2CC2)O1)Nc1cccc(F)c1C(=O)O. The van der Waals surface area contributed by atoms with Gasteiger partial charge >= 0.3 is 5.97 Å². The number of amides is 1. The second-order valence-corrected chi connectivity index (χ2v) is 5.93. The van der Waals surface area contributed by atoms with Crippen LogP contribution in [0.1, 0.15) is 42.5 Å². The van der Waals surface area contributed by atoms with Crippen LogP contribution in [0.2, 0.25) is 0 Å². The molecule has 6 heteroatoms. The van der Waals surface area contributed by atoms with E-state index in [1.165, 1.54) is 25.0 Å². The van der Waals surface area contributed by atoms with Crippen LogP contribution < -0.4 is 5.32 Å². The van der Waals surface area contributed by atoms with Gasteiger partial charge in [0, 0.05) is 0 Å². The van der Waals surface area contributed by atoms with Gasteiger partial charge < -0.3 is 15.2 Å². The Hall–Kier alpha value is -1.95. The minimum absolute atomic E-state index is 0.0192. The first kappa shape index (κ1) is 15.0. The van der Waals surface area contributed by atoms with Crippen LogP contribution in [0.15, 0.2) is 18.2 Å². The van der Waals surface area contributed by atoms with Gasteiger partial charge in [-0.15, -0.1) is 0 Å². The van der Waals surface area contributed by atoms with Gasteiger partial charge in [-0.3, -0.25) is 4.79 Å². The van der Waals surface area contributed by atoms with E-state index in [4.69, 9.17) is 9.84 Å².